The third-order valence-corrected chi connectivity index (χ3v) is 2.06. The molecule has 0 aliphatic heterocycles. The molecular weight excluding hydrogens is 210 g/mol. The summed E-state index contributed by atoms with van der Waals surface area (Å²) < 4.78 is 0. The van der Waals surface area contributed by atoms with Crippen molar-refractivity contribution >= 4 is 5.69 Å². The number of nitrogens with zero attached hydrogens (tertiary/aromatic N) is 2. The third-order valence-electron chi connectivity index (χ3n) is 2.06. The average molecular weight is 217 g/mol. The van der Waals surface area contributed by atoms with E-state index in [1.807, 2.05) is 0 Å². The Kier molecular flexibility index (Phi) is 2.47. The molecule has 2 aromatic rings. The zero-order chi connectivity index (χ0) is 11.5. The molecule has 6 nitrogen and oxygen atoms in total. The molecule has 0 atom stereocenters. The van der Waals surface area contributed by atoms with Gasteiger partial charge in [-0.3, -0.25) is 10.1 Å². The summed E-state index contributed by atoms with van der Waals surface area (Å²) in [4.78, 5) is 26.8. The van der Waals surface area contributed by atoms with Gasteiger partial charge in [-0.05, 0) is 5.56 Å². The Hall–Kier alpha value is -2.50. The predicted molar refractivity (Wildman–Crippen MR) is 56.9 cm³/mol. The lowest BCUT2D eigenvalue weighted by Gasteiger charge is -1.99. The molecule has 1 heterocycles. The lowest BCUT2D eigenvalue weighted by atomic mass is 10.1. The van der Waals surface area contributed by atoms with Crippen LogP contribution in [0, 0.1) is 10.1 Å². The standard InChI is InChI=1S/C10H7N3O3/c14-10-11-5-8(6-12-10)7-2-1-3-9(4-7)13(15)16/h1-6H,(H,11,12,14). The van der Waals surface area contributed by atoms with Gasteiger partial charge in [0, 0.05) is 30.1 Å². The van der Waals surface area contributed by atoms with Crippen molar-refractivity contribution in [2.24, 2.45) is 0 Å². The van der Waals surface area contributed by atoms with E-state index in [9.17, 15) is 14.9 Å². The van der Waals surface area contributed by atoms with Gasteiger partial charge in [-0.15, -0.1) is 0 Å². The molecule has 6 heteroatoms. The minimum atomic E-state index is -0.470. The number of H-pyrrole nitrogens is 1. The van der Waals surface area contributed by atoms with Crippen LogP contribution in [0.25, 0.3) is 11.1 Å². The molecule has 0 unspecified atom stereocenters. The maximum Gasteiger partial charge on any atom is 0.344 e. The van der Waals surface area contributed by atoms with E-state index >= 15 is 0 Å². The van der Waals surface area contributed by atoms with E-state index < -0.39 is 10.6 Å². The van der Waals surface area contributed by atoms with Gasteiger partial charge in [0.05, 0.1) is 4.92 Å². The first-order chi connectivity index (χ1) is 7.66. The summed E-state index contributed by atoms with van der Waals surface area (Å²) in [6, 6.07) is 6.12. The fourth-order valence-electron chi connectivity index (χ4n) is 1.30. The highest BCUT2D eigenvalue weighted by molar-refractivity contribution is 5.64. The number of rotatable bonds is 2. The van der Waals surface area contributed by atoms with Crippen molar-refractivity contribution in [3.63, 3.8) is 0 Å². The molecule has 1 N–H and O–H groups in total. The molecule has 2 rings (SSSR count). The number of benzene rings is 1. The Morgan fingerprint density at radius 3 is 2.75 bits per heavy atom. The number of nitro benzene ring substituents is 1. The zero-order valence-corrected chi connectivity index (χ0v) is 8.08. The van der Waals surface area contributed by atoms with Gasteiger partial charge in [0.2, 0.25) is 0 Å². The quantitative estimate of drug-likeness (QED) is 0.607. The minimum absolute atomic E-state index is 0.00343. The van der Waals surface area contributed by atoms with Crippen LogP contribution in [-0.4, -0.2) is 14.9 Å². The molecule has 16 heavy (non-hydrogen) atoms. The summed E-state index contributed by atoms with van der Waals surface area (Å²) in [7, 11) is 0. The molecule has 0 saturated heterocycles. The smallest absolute Gasteiger partial charge is 0.312 e. The first-order valence-electron chi connectivity index (χ1n) is 4.46. The van der Waals surface area contributed by atoms with Crippen LogP contribution in [0.3, 0.4) is 0 Å². The monoisotopic (exact) mass is 217 g/mol. The molecule has 0 aliphatic rings. The maximum absolute atomic E-state index is 10.8. The van der Waals surface area contributed by atoms with Crippen LogP contribution in [0.1, 0.15) is 0 Å². The lowest BCUT2D eigenvalue weighted by molar-refractivity contribution is -0.384. The van der Waals surface area contributed by atoms with E-state index in [1.54, 1.807) is 12.1 Å². The second kappa shape index (κ2) is 3.93. The summed E-state index contributed by atoms with van der Waals surface area (Å²) >= 11 is 0. The SMILES string of the molecule is O=c1ncc(-c2cccc([N+](=O)[O-])c2)c[nH]1. The van der Waals surface area contributed by atoms with Crippen molar-refractivity contribution in [1.82, 2.24) is 9.97 Å². The van der Waals surface area contributed by atoms with Gasteiger partial charge in [-0.25, -0.2) is 9.78 Å². The largest absolute Gasteiger partial charge is 0.344 e. The first-order valence-corrected chi connectivity index (χ1v) is 4.46. The molecule has 0 saturated carbocycles. The van der Waals surface area contributed by atoms with Crippen LogP contribution >= 0.6 is 0 Å². The Balaban J connectivity index is 2.48. The van der Waals surface area contributed by atoms with Crippen molar-refractivity contribution in [2.45, 2.75) is 0 Å². The number of non-ortho nitro benzene ring substituents is 1. The van der Waals surface area contributed by atoms with E-state index in [0.717, 1.165) is 0 Å². The van der Waals surface area contributed by atoms with Gasteiger partial charge < -0.3 is 4.98 Å². The van der Waals surface area contributed by atoms with Crippen LogP contribution in [0.5, 0.6) is 0 Å². The Bertz CT molecular complexity index is 571. The summed E-state index contributed by atoms with van der Waals surface area (Å²) in [5.41, 5.74) is 0.819. The third kappa shape index (κ3) is 1.95. The van der Waals surface area contributed by atoms with Gasteiger partial charge in [0.15, 0.2) is 0 Å². The lowest BCUT2D eigenvalue weighted by Crippen LogP contribution is -2.07. The fourth-order valence-corrected chi connectivity index (χ4v) is 1.30. The van der Waals surface area contributed by atoms with Gasteiger partial charge in [-0.1, -0.05) is 12.1 Å². The van der Waals surface area contributed by atoms with Crippen molar-refractivity contribution in [1.29, 1.82) is 0 Å². The average Bonchev–Trinajstić information content (AvgIpc) is 2.30. The van der Waals surface area contributed by atoms with Crippen molar-refractivity contribution in [3.8, 4) is 11.1 Å². The van der Waals surface area contributed by atoms with Crippen molar-refractivity contribution in [3.05, 3.63) is 57.3 Å². The van der Waals surface area contributed by atoms with Gasteiger partial charge >= 0.3 is 5.69 Å². The highest BCUT2D eigenvalue weighted by atomic mass is 16.6. The highest BCUT2D eigenvalue weighted by Gasteiger charge is 2.06. The number of aromatic amines is 1. The number of hydrogen-bond donors (Lipinski definition) is 1. The van der Waals surface area contributed by atoms with Crippen LogP contribution < -0.4 is 5.69 Å². The summed E-state index contributed by atoms with van der Waals surface area (Å²) in [6.45, 7) is 0. The van der Waals surface area contributed by atoms with Crippen molar-refractivity contribution in [2.75, 3.05) is 0 Å². The fraction of sp³-hybridized carbons (Fsp3) is 0. The normalized spacial score (nSPS) is 10.0. The molecule has 0 fully saturated rings. The molecule has 1 aromatic heterocycles. The Morgan fingerprint density at radius 2 is 2.12 bits per heavy atom. The van der Waals surface area contributed by atoms with Crippen LogP contribution in [-0.2, 0) is 0 Å². The maximum atomic E-state index is 10.8. The molecule has 0 bridgehead atoms. The molecule has 0 radical (unpaired) electrons. The molecular formula is C10H7N3O3. The second-order valence-electron chi connectivity index (χ2n) is 3.11. The van der Waals surface area contributed by atoms with E-state index in [4.69, 9.17) is 0 Å². The molecule has 0 amide bonds. The molecule has 80 valence electrons. The Labute approximate surface area is 89.7 Å². The van der Waals surface area contributed by atoms with Crippen molar-refractivity contribution < 1.29 is 4.92 Å². The summed E-state index contributed by atoms with van der Waals surface area (Å²) in [6.07, 6.45) is 2.84. The van der Waals surface area contributed by atoms with E-state index in [0.29, 0.717) is 11.1 Å². The van der Waals surface area contributed by atoms with E-state index in [-0.39, 0.29) is 5.69 Å². The van der Waals surface area contributed by atoms with E-state index in [2.05, 4.69) is 9.97 Å². The number of aromatic nitrogens is 2. The topological polar surface area (TPSA) is 88.9 Å². The summed E-state index contributed by atoms with van der Waals surface area (Å²) in [5, 5.41) is 10.6. The molecule has 0 aliphatic carbocycles. The van der Waals surface area contributed by atoms with Crippen LogP contribution in [0.15, 0.2) is 41.5 Å². The van der Waals surface area contributed by atoms with E-state index in [1.165, 1.54) is 24.5 Å². The zero-order valence-electron chi connectivity index (χ0n) is 8.08. The van der Waals surface area contributed by atoms with Gasteiger partial charge in [-0.2, -0.15) is 0 Å². The Morgan fingerprint density at radius 1 is 1.31 bits per heavy atom. The highest BCUT2D eigenvalue weighted by Crippen LogP contribution is 2.21. The van der Waals surface area contributed by atoms with Crippen LogP contribution in [0.2, 0.25) is 0 Å². The number of hydrogen-bond acceptors (Lipinski definition) is 4. The van der Waals surface area contributed by atoms with Gasteiger partial charge in [0.25, 0.3) is 5.69 Å². The molecule has 0 spiro atoms. The van der Waals surface area contributed by atoms with Gasteiger partial charge in [0.1, 0.15) is 0 Å². The van der Waals surface area contributed by atoms with Crippen LogP contribution in [0.4, 0.5) is 5.69 Å². The number of nitro groups is 1. The molecule has 1 aromatic carbocycles. The first kappa shape index (κ1) is 10.0. The minimum Gasteiger partial charge on any atom is -0.312 e. The predicted octanol–water partition coefficient (Wildman–Crippen LogP) is 1.35. The second-order valence-corrected chi connectivity index (χ2v) is 3.11. The summed E-state index contributed by atoms with van der Waals surface area (Å²) in [5.74, 6) is 0. The number of nitrogens with one attached hydrogen (secondary N) is 1.